The van der Waals surface area contributed by atoms with E-state index >= 15 is 0 Å². The quantitative estimate of drug-likeness (QED) is 0.772. The van der Waals surface area contributed by atoms with Crippen molar-refractivity contribution in [1.82, 2.24) is 10.3 Å². The van der Waals surface area contributed by atoms with Gasteiger partial charge in [0.05, 0.1) is 5.69 Å². The van der Waals surface area contributed by atoms with Gasteiger partial charge in [0.1, 0.15) is 0 Å². The average Bonchev–Trinajstić information content (AvgIpc) is 2.93. The minimum Gasteiger partial charge on any atom is -0.312 e. The van der Waals surface area contributed by atoms with Crippen LogP contribution in [0.3, 0.4) is 0 Å². The minimum absolute atomic E-state index is 0.240. The van der Waals surface area contributed by atoms with Crippen molar-refractivity contribution in [3.63, 3.8) is 0 Å². The van der Waals surface area contributed by atoms with E-state index in [1.54, 1.807) is 11.9 Å². The van der Waals surface area contributed by atoms with Crippen molar-refractivity contribution in [1.29, 1.82) is 0 Å². The lowest BCUT2D eigenvalue weighted by atomic mass is 10.0. The SMILES string of the molecule is CC(=O)NC1=NN(C(C)=O)[C@@]2(S1)C(=O)N(C)c1c(C)cccc12. The number of amides is 3. The topological polar surface area (TPSA) is 82.1 Å². The number of hydrazone groups is 1. The second-order valence-electron chi connectivity index (χ2n) is 5.50. The second kappa shape index (κ2) is 5.09. The van der Waals surface area contributed by atoms with E-state index in [-0.39, 0.29) is 22.9 Å². The Bertz CT molecular complexity index is 776. The van der Waals surface area contributed by atoms with Gasteiger partial charge in [-0.05, 0) is 24.2 Å². The molecule has 0 fully saturated rings. The lowest BCUT2D eigenvalue weighted by Crippen LogP contribution is -2.47. The molecule has 0 aliphatic carbocycles. The maximum absolute atomic E-state index is 13.0. The molecule has 0 aromatic heterocycles. The minimum atomic E-state index is -1.29. The number of para-hydroxylation sites is 1. The third kappa shape index (κ3) is 2.05. The van der Waals surface area contributed by atoms with E-state index in [0.717, 1.165) is 28.0 Å². The van der Waals surface area contributed by atoms with Gasteiger partial charge in [-0.2, -0.15) is 5.01 Å². The monoisotopic (exact) mass is 332 g/mol. The third-order valence-electron chi connectivity index (χ3n) is 3.85. The Morgan fingerprint density at radius 3 is 2.61 bits per heavy atom. The van der Waals surface area contributed by atoms with Crippen molar-refractivity contribution in [2.45, 2.75) is 25.6 Å². The van der Waals surface area contributed by atoms with Crippen LogP contribution in [0.4, 0.5) is 5.69 Å². The van der Waals surface area contributed by atoms with Gasteiger partial charge in [0.25, 0.3) is 5.91 Å². The number of aryl methyl sites for hydroxylation is 1. The van der Waals surface area contributed by atoms with Gasteiger partial charge in [0.2, 0.25) is 16.7 Å². The van der Waals surface area contributed by atoms with E-state index in [2.05, 4.69) is 10.4 Å². The molecule has 2 heterocycles. The first-order valence-corrected chi connectivity index (χ1v) is 7.85. The summed E-state index contributed by atoms with van der Waals surface area (Å²) in [5.41, 5.74) is 2.41. The molecule has 1 atom stereocenters. The average molecular weight is 332 g/mol. The summed E-state index contributed by atoms with van der Waals surface area (Å²) < 4.78 is 0. The van der Waals surface area contributed by atoms with Gasteiger partial charge >= 0.3 is 0 Å². The molecule has 0 unspecified atom stereocenters. The Kier molecular flexibility index (Phi) is 3.44. The molecule has 0 bridgehead atoms. The highest BCUT2D eigenvalue weighted by Gasteiger charge is 2.60. The predicted molar refractivity (Wildman–Crippen MR) is 87.6 cm³/mol. The number of nitrogens with one attached hydrogen (secondary N) is 1. The van der Waals surface area contributed by atoms with E-state index in [0.29, 0.717) is 5.56 Å². The van der Waals surface area contributed by atoms with Crippen LogP contribution in [-0.2, 0) is 19.3 Å². The van der Waals surface area contributed by atoms with Crippen molar-refractivity contribution in [3.8, 4) is 0 Å². The smallest absolute Gasteiger partial charge is 0.270 e. The molecule has 3 amide bonds. The van der Waals surface area contributed by atoms with Crippen LogP contribution in [0.1, 0.15) is 25.0 Å². The molecule has 0 saturated carbocycles. The molecule has 1 spiro atoms. The van der Waals surface area contributed by atoms with Crippen LogP contribution in [0.2, 0.25) is 0 Å². The van der Waals surface area contributed by atoms with E-state index in [9.17, 15) is 14.4 Å². The molecule has 23 heavy (non-hydrogen) atoms. The summed E-state index contributed by atoms with van der Waals surface area (Å²) in [6.45, 7) is 4.62. The zero-order valence-electron chi connectivity index (χ0n) is 13.2. The first kappa shape index (κ1) is 15.5. The molecule has 120 valence electrons. The number of thioether (sulfide) groups is 1. The van der Waals surface area contributed by atoms with Crippen LogP contribution in [0.5, 0.6) is 0 Å². The molecule has 1 aromatic rings. The van der Waals surface area contributed by atoms with Crippen LogP contribution < -0.4 is 10.2 Å². The van der Waals surface area contributed by atoms with E-state index in [4.69, 9.17) is 0 Å². The Morgan fingerprint density at radius 1 is 1.30 bits per heavy atom. The fraction of sp³-hybridized carbons (Fsp3) is 0.333. The summed E-state index contributed by atoms with van der Waals surface area (Å²) in [5.74, 6) is -0.930. The molecule has 0 saturated heterocycles. The van der Waals surface area contributed by atoms with Crippen molar-refractivity contribution in [3.05, 3.63) is 29.3 Å². The zero-order chi connectivity index (χ0) is 16.9. The number of rotatable bonds is 0. The molecule has 0 radical (unpaired) electrons. The highest BCUT2D eigenvalue weighted by molar-refractivity contribution is 8.15. The summed E-state index contributed by atoms with van der Waals surface area (Å²) in [6.07, 6.45) is 0. The number of fused-ring (bicyclic) bond motifs is 2. The molecule has 2 aliphatic rings. The number of anilines is 1. The van der Waals surface area contributed by atoms with E-state index < -0.39 is 4.87 Å². The molecule has 8 heteroatoms. The Morgan fingerprint density at radius 2 is 2.00 bits per heavy atom. The molecule has 1 aromatic carbocycles. The number of amidine groups is 1. The number of nitrogens with zero attached hydrogens (tertiary/aromatic N) is 3. The number of carbonyl (C=O) groups excluding carboxylic acids is 3. The fourth-order valence-electron chi connectivity index (χ4n) is 2.98. The number of hydrogen-bond donors (Lipinski definition) is 1. The van der Waals surface area contributed by atoms with Crippen LogP contribution in [0.25, 0.3) is 0 Å². The summed E-state index contributed by atoms with van der Waals surface area (Å²) in [5, 5.41) is 8.13. The molecular formula is C15H16N4O3S. The van der Waals surface area contributed by atoms with Crippen LogP contribution in [-0.4, -0.2) is 34.9 Å². The first-order valence-electron chi connectivity index (χ1n) is 7.03. The van der Waals surface area contributed by atoms with Gasteiger partial charge in [-0.15, -0.1) is 5.10 Å². The lowest BCUT2D eigenvalue weighted by Gasteiger charge is -2.28. The largest absolute Gasteiger partial charge is 0.312 e. The standard InChI is InChI=1S/C15H16N4O3S/c1-8-6-5-7-11-12(8)18(4)13(22)15(11)19(10(3)21)17-14(23-15)16-9(2)20/h5-7H,1-4H3,(H,16,17,20)/t15-/m0/s1. The Hall–Kier alpha value is -2.35. The van der Waals surface area contributed by atoms with E-state index in [1.807, 2.05) is 25.1 Å². The van der Waals surface area contributed by atoms with E-state index in [1.165, 1.54) is 13.8 Å². The lowest BCUT2D eigenvalue weighted by molar-refractivity contribution is -0.139. The predicted octanol–water partition coefficient (Wildman–Crippen LogP) is 1.13. The maximum Gasteiger partial charge on any atom is 0.270 e. The fourth-order valence-corrected chi connectivity index (χ4v) is 4.33. The van der Waals surface area contributed by atoms with Crippen LogP contribution in [0, 0.1) is 6.92 Å². The molecule has 2 aliphatic heterocycles. The third-order valence-corrected chi connectivity index (χ3v) is 5.09. The number of likely N-dealkylation sites (N-methyl/N-ethyl adjacent to an activating group) is 1. The summed E-state index contributed by atoms with van der Waals surface area (Å²) in [7, 11) is 1.68. The zero-order valence-corrected chi connectivity index (χ0v) is 14.0. The molecule has 1 N–H and O–H groups in total. The van der Waals surface area contributed by atoms with Crippen molar-refractivity contribution in [2.75, 3.05) is 11.9 Å². The summed E-state index contributed by atoms with van der Waals surface area (Å²) >= 11 is 1.08. The van der Waals surface area contributed by atoms with Gasteiger partial charge in [0, 0.05) is 26.5 Å². The van der Waals surface area contributed by atoms with Crippen LogP contribution >= 0.6 is 11.8 Å². The number of carbonyl (C=O) groups is 3. The number of benzene rings is 1. The Labute approximate surface area is 137 Å². The molecular weight excluding hydrogens is 316 g/mol. The molecule has 7 nitrogen and oxygen atoms in total. The van der Waals surface area contributed by atoms with Crippen LogP contribution in [0.15, 0.2) is 23.3 Å². The van der Waals surface area contributed by atoms with Crippen molar-refractivity contribution < 1.29 is 14.4 Å². The maximum atomic E-state index is 13.0. The highest BCUT2D eigenvalue weighted by atomic mass is 32.2. The van der Waals surface area contributed by atoms with Crippen molar-refractivity contribution >= 4 is 40.3 Å². The van der Waals surface area contributed by atoms with Gasteiger partial charge in [-0.1, -0.05) is 18.2 Å². The molecule has 3 rings (SSSR count). The second-order valence-corrected chi connectivity index (χ2v) is 6.68. The highest BCUT2D eigenvalue weighted by Crippen LogP contribution is 2.54. The first-order chi connectivity index (χ1) is 10.8. The van der Waals surface area contributed by atoms with Gasteiger partial charge in [-0.25, -0.2) is 0 Å². The normalized spacial score (nSPS) is 22.4. The summed E-state index contributed by atoms with van der Waals surface area (Å²) in [6, 6.07) is 5.57. The van der Waals surface area contributed by atoms with Gasteiger partial charge in [0.15, 0.2) is 5.17 Å². The number of hydrogen-bond acceptors (Lipinski definition) is 5. The van der Waals surface area contributed by atoms with Gasteiger partial charge in [-0.3, -0.25) is 14.4 Å². The summed E-state index contributed by atoms with van der Waals surface area (Å²) in [4.78, 5) is 36.7. The Balaban J connectivity index is 2.19. The van der Waals surface area contributed by atoms with Gasteiger partial charge < -0.3 is 10.2 Å². The van der Waals surface area contributed by atoms with Crippen molar-refractivity contribution in [2.24, 2.45) is 5.10 Å².